The van der Waals surface area contributed by atoms with Crippen LogP contribution in [0.5, 0.6) is 0 Å². The topological polar surface area (TPSA) is 81.7 Å². The number of methoxy groups -OCH3 is 1. The summed E-state index contributed by atoms with van der Waals surface area (Å²) in [6.07, 6.45) is 0.00896. The summed E-state index contributed by atoms with van der Waals surface area (Å²) in [5, 5.41) is 3.14. The third-order valence-electron chi connectivity index (χ3n) is 5.52. The molecule has 1 N–H and O–H groups in total. The zero-order chi connectivity index (χ0) is 22.2. The number of rotatable bonds is 4. The van der Waals surface area contributed by atoms with E-state index in [1.165, 1.54) is 13.2 Å². The number of Topliss-reactive ketones (excluding diaryl/α,β-unsaturated/α-hetero) is 1. The van der Waals surface area contributed by atoms with Gasteiger partial charge in [-0.15, -0.1) is 0 Å². The van der Waals surface area contributed by atoms with Crippen molar-refractivity contribution in [3.05, 3.63) is 58.2 Å². The van der Waals surface area contributed by atoms with E-state index in [9.17, 15) is 18.8 Å². The third kappa shape index (κ3) is 3.76. The molecule has 1 aliphatic carbocycles. The summed E-state index contributed by atoms with van der Waals surface area (Å²) >= 11 is 0. The molecular formula is C23H26FNO5. The number of ether oxygens (including phenoxy) is 2. The number of ketones is 1. The molecule has 1 aromatic rings. The number of halogens is 1. The Morgan fingerprint density at radius 2 is 1.90 bits per heavy atom. The lowest BCUT2D eigenvalue weighted by Gasteiger charge is -2.38. The Bertz CT molecular complexity index is 962. The quantitative estimate of drug-likeness (QED) is 0.600. The number of allylic oxidation sites excluding steroid dienone is 3. The molecule has 6 nitrogen and oxygen atoms in total. The number of nitrogens with one attached hydrogen (secondary N) is 1. The highest BCUT2D eigenvalue weighted by molar-refractivity contribution is 6.12. The molecule has 2 aliphatic rings. The fourth-order valence-electron chi connectivity index (χ4n) is 4.25. The SMILES string of the molecule is COC(=O)[C@@H]1C(=O)C2=C(C[C@H]1C)NC(C)=C(C(=O)OC(C)C)[C@H]2c1ccccc1F. The van der Waals surface area contributed by atoms with Crippen LogP contribution in [0.2, 0.25) is 0 Å². The molecule has 0 aromatic heterocycles. The van der Waals surface area contributed by atoms with Gasteiger partial charge in [-0.2, -0.15) is 0 Å². The van der Waals surface area contributed by atoms with E-state index in [-0.39, 0.29) is 28.7 Å². The first-order valence-corrected chi connectivity index (χ1v) is 9.95. The van der Waals surface area contributed by atoms with Crippen LogP contribution >= 0.6 is 0 Å². The molecule has 0 saturated heterocycles. The van der Waals surface area contributed by atoms with Crippen molar-refractivity contribution in [1.82, 2.24) is 5.32 Å². The van der Waals surface area contributed by atoms with E-state index < -0.39 is 35.4 Å². The second-order valence-electron chi connectivity index (χ2n) is 8.01. The fraction of sp³-hybridized carbons (Fsp3) is 0.435. The van der Waals surface area contributed by atoms with Crippen LogP contribution in [0.1, 0.15) is 45.6 Å². The van der Waals surface area contributed by atoms with Gasteiger partial charge in [-0.3, -0.25) is 9.59 Å². The van der Waals surface area contributed by atoms with Crippen LogP contribution in [0.25, 0.3) is 0 Å². The largest absolute Gasteiger partial charge is 0.468 e. The molecule has 0 amide bonds. The van der Waals surface area contributed by atoms with Gasteiger partial charge in [0.25, 0.3) is 0 Å². The Labute approximate surface area is 175 Å². The fourth-order valence-corrected chi connectivity index (χ4v) is 4.25. The monoisotopic (exact) mass is 415 g/mol. The second-order valence-corrected chi connectivity index (χ2v) is 8.01. The highest BCUT2D eigenvalue weighted by Gasteiger charge is 2.47. The summed E-state index contributed by atoms with van der Waals surface area (Å²) in [7, 11) is 1.23. The average molecular weight is 415 g/mol. The van der Waals surface area contributed by atoms with Crippen molar-refractivity contribution >= 4 is 17.7 Å². The van der Waals surface area contributed by atoms with Crippen molar-refractivity contribution in [1.29, 1.82) is 0 Å². The van der Waals surface area contributed by atoms with Crippen LogP contribution in [0, 0.1) is 17.7 Å². The third-order valence-corrected chi connectivity index (χ3v) is 5.52. The van der Waals surface area contributed by atoms with Gasteiger partial charge in [-0.05, 0) is 39.2 Å². The molecule has 0 radical (unpaired) electrons. The van der Waals surface area contributed by atoms with E-state index in [1.807, 2.05) is 0 Å². The summed E-state index contributed by atoms with van der Waals surface area (Å²) < 4.78 is 25.1. The summed E-state index contributed by atoms with van der Waals surface area (Å²) in [6.45, 7) is 6.93. The molecule has 160 valence electrons. The summed E-state index contributed by atoms with van der Waals surface area (Å²) in [6, 6.07) is 6.02. The molecule has 0 saturated carbocycles. The van der Waals surface area contributed by atoms with Gasteiger partial charge in [0.15, 0.2) is 5.78 Å². The molecule has 7 heteroatoms. The first-order chi connectivity index (χ1) is 14.2. The van der Waals surface area contributed by atoms with Crippen LogP contribution in [-0.2, 0) is 23.9 Å². The van der Waals surface area contributed by atoms with Crippen LogP contribution in [0.3, 0.4) is 0 Å². The van der Waals surface area contributed by atoms with Crippen molar-refractivity contribution in [2.75, 3.05) is 7.11 Å². The van der Waals surface area contributed by atoms with Crippen LogP contribution in [0.4, 0.5) is 4.39 Å². The van der Waals surface area contributed by atoms with Gasteiger partial charge in [0.2, 0.25) is 0 Å². The summed E-state index contributed by atoms with van der Waals surface area (Å²) in [5.74, 6) is -4.54. The lowest BCUT2D eigenvalue weighted by molar-refractivity contribution is -0.151. The van der Waals surface area contributed by atoms with Crippen molar-refractivity contribution in [2.45, 2.75) is 46.1 Å². The molecule has 0 spiro atoms. The van der Waals surface area contributed by atoms with Crippen molar-refractivity contribution in [3.8, 4) is 0 Å². The lowest BCUT2D eigenvalue weighted by atomic mass is 9.69. The van der Waals surface area contributed by atoms with Gasteiger partial charge < -0.3 is 14.8 Å². The minimum atomic E-state index is -1.01. The maximum absolute atomic E-state index is 14.9. The number of benzene rings is 1. The Kier molecular flexibility index (Phi) is 6.10. The molecule has 30 heavy (non-hydrogen) atoms. The highest BCUT2D eigenvalue weighted by atomic mass is 19.1. The predicted molar refractivity (Wildman–Crippen MR) is 108 cm³/mol. The van der Waals surface area contributed by atoms with Gasteiger partial charge in [0.1, 0.15) is 11.7 Å². The number of hydrogen-bond acceptors (Lipinski definition) is 6. The van der Waals surface area contributed by atoms with E-state index in [4.69, 9.17) is 9.47 Å². The predicted octanol–water partition coefficient (Wildman–Crippen LogP) is 3.39. The molecular weight excluding hydrogens is 389 g/mol. The number of carbonyl (C=O) groups is 3. The Morgan fingerprint density at radius 3 is 2.50 bits per heavy atom. The summed E-state index contributed by atoms with van der Waals surface area (Å²) in [4.78, 5) is 38.8. The minimum Gasteiger partial charge on any atom is -0.468 e. The molecule has 0 bridgehead atoms. The van der Waals surface area contributed by atoms with Gasteiger partial charge in [0.05, 0.1) is 24.7 Å². The first-order valence-electron chi connectivity index (χ1n) is 9.95. The number of dihydropyridines is 1. The van der Waals surface area contributed by atoms with E-state index in [0.717, 1.165) is 0 Å². The van der Waals surface area contributed by atoms with Gasteiger partial charge in [-0.25, -0.2) is 9.18 Å². The van der Waals surface area contributed by atoms with E-state index in [2.05, 4.69) is 5.32 Å². The van der Waals surface area contributed by atoms with Gasteiger partial charge >= 0.3 is 11.9 Å². The molecule has 3 atom stereocenters. The molecule has 3 rings (SSSR count). The molecule has 1 aliphatic heterocycles. The second kappa shape index (κ2) is 8.42. The van der Waals surface area contributed by atoms with E-state index >= 15 is 0 Å². The van der Waals surface area contributed by atoms with Crippen LogP contribution < -0.4 is 5.32 Å². The Morgan fingerprint density at radius 1 is 1.23 bits per heavy atom. The van der Waals surface area contributed by atoms with Crippen molar-refractivity contribution in [2.24, 2.45) is 11.8 Å². The maximum atomic E-state index is 14.9. The normalized spacial score (nSPS) is 23.8. The Hall–Kier alpha value is -2.96. The molecule has 1 heterocycles. The number of carbonyl (C=O) groups excluding carboxylic acids is 3. The zero-order valence-corrected chi connectivity index (χ0v) is 17.7. The van der Waals surface area contributed by atoms with Crippen molar-refractivity contribution in [3.63, 3.8) is 0 Å². The van der Waals surface area contributed by atoms with E-state index in [0.29, 0.717) is 17.8 Å². The minimum absolute atomic E-state index is 0.166. The molecule has 0 fully saturated rings. The Balaban J connectivity index is 2.21. The lowest BCUT2D eigenvalue weighted by Crippen LogP contribution is -2.43. The van der Waals surface area contributed by atoms with Crippen molar-refractivity contribution < 1.29 is 28.2 Å². The average Bonchev–Trinajstić information content (AvgIpc) is 2.66. The zero-order valence-electron chi connectivity index (χ0n) is 17.7. The summed E-state index contributed by atoms with van der Waals surface area (Å²) in [5.41, 5.74) is 1.67. The maximum Gasteiger partial charge on any atom is 0.337 e. The first kappa shape index (κ1) is 21.7. The van der Waals surface area contributed by atoms with Crippen LogP contribution in [-0.4, -0.2) is 30.9 Å². The standard InChI is InChI=1S/C23H26FNO5/c1-11(2)30-23(28)18-13(4)25-16-10-12(3)17(22(27)29-5)21(26)20(16)19(18)14-8-6-7-9-15(14)24/h6-9,11-12,17,19,25H,10H2,1-5H3/t12-,17+,19-/m1/s1. The van der Waals surface area contributed by atoms with Gasteiger partial charge in [0, 0.05) is 22.5 Å². The van der Waals surface area contributed by atoms with E-state index in [1.54, 1.807) is 45.9 Å². The number of esters is 2. The molecule has 0 unspecified atom stereocenters. The molecule has 1 aromatic carbocycles. The smallest absolute Gasteiger partial charge is 0.337 e. The highest BCUT2D eigenvalue weighted by Crippen LogP contribution is 2.46. The van der Waals surface area contributed by atoms with Gasteiger partial charge in [-0.1, -0.05) is 25.1 Å². The number of hydrogen-bond donors (Lipinski definition) is 1. The van der Waals surface area contributed by atoms with Crippen LogP contribution in [0.15, 0.2) is 46.8 Å².